The van der Waals surface area contributed by atoms with Crippen molar-refractivity contribution in [3.63, 3.8) is 0 Å². The molecule has 122 valence electrons. The fraction of sp³-hybridized carbons (Fsp3) is 1.00. The van der Waals surface area contributed by atoms with Gasteiger partial charge in [-0.3, -0.25) is 4.90 Å². The molecule has 1 aliphatic carbocycles. The fourth-order valence-corrected chi connectivity index (χ4v) is 4.72. The molecule has 0 radical (unpaired) electrons. The number of likely N-dealkylation sites (tertiary alicyclic amines) is 1. The maximum atomic E-state index is 10.3. The van der Waals surface area contributed by atoms with Crippen LogP contribution in [-0.4, -0.2) is 65.5 Å². The summed E-state index contributed by atoms with van der Waals surface area (Å²) in [5.41, 5.74) is -0.832. The SMILES string of the molecule is COC1C2CC(O)CCC2N(C)C2O[C@H](C(C)(C)O)CC12. The average Bonchev–Trinajstić information content (AvgIpc) is 2.84. The molecule has 2 saturated heterocycles. The van der Waals surface area contributed by atoms with E-state index in [1.807, 2.05) is 13.8 Å². The van der Waals surface area contributed by atoms with Gasteiger partial charge in [0.1, 0.15) is 6.23 Å². The van der Waals surface area contributed by atoms with Gasteiger partial charge in [0.15, 0.2) is 0 Å². The van der Waals surface area contributed by atoms with Gasteiger partial charge in [0, 0.05) is 25.0 Å². The third-order valence-electron chi connectivity index (χ3n) is 5.82. The Morgan fingerprint density at radius 1 is 1.19 bits per heavy atom. The van der Waals surface area contributed by atoms with Crippen molar-refractivity contribution in [3.05, 3.63) is 0 Å². The first-order valence-corrected chi connectivity index (χ1v) is 8.13. The molecule has 7 atom stereocenters. The maximum absolute atomic E-state index is 10.3. The predicted molar refractivity (Wildman–Crippen MR) is 78.8 cm³/mol. The third kappa shape index (κ3) is 2.63. The third-order valence-corrected chi connectivity index (χ3v) is 5.82. The molecule has 2 heterocycles. The summed E-state index contributed by atoms with van der Waals surface area (Å²) < 4.78 is 12.0. The lowest BCUT2D eigenvalue weighted by atomic mass is 9.70. The Bertz CT molecular complexity index is 383. The zero-order valence-corrected chi connectivity index (χ0v) is 13.5. The van der Waals surface area contributed by atoms with E-state index in [0.717, 1.165) is 25.7 Å². The molecule has 5 nitrogen and oxygen atoms in total. The van der Waals surface area contributed by atoms with Crippen LogP contribution in [0.2, 0.25) is 0 Å². The number of methoxy groups -OCH3 is 1. The minimum Gasteiger partial charge on any atom is -0.393 e. The first-order chi connectivity index (χ1) is 9.82. The molecule has 0 aromatic rings. The van der Waals surface area contributed by atoms with E-state index in [1.165, 1.54) is 0 Å². The van der Waals surface area contributed by atoms with E-state index in [-0.39, 0.29) is 30.5 Å². The Labute approximate surface area is 127 Å². The van der Waals surface area contributed by atoms with Gasteiger partial charge >= 0.3 is 0 Å². The molecule has 3 rings (SSSR count). The van der Waals surface area contributed by atoms with Crippen molar-refractivity contribution in [2.24, 2.45) is 11.8 Å². The largest absolute Gasteiger partial charge is 0.393 e. The number of hydrogen-bond acceptors (Lipinski definition) is 5. The van der Waals surface area contributed by atoms with Crippen molar-refractivity contribution in [1.82, 2.24) is 4.90 Å². The molecular weight excluding hydrogens is 270 g/mol. The normalized spacial score (nSPS) is 48.0. The molecule has 6 unspecified atom stereocenters. The van der Waals surface area contributed by atoms with Gasteiger partial charge in [0.25, 0.3) is 0 Å². The number of aliphatic hydroxyl groups excluding tert-OH is 1. The minimum absolute atomic E-state index is 0.0165. The Hall–Kier alpha value is -0.200. The van der Waals surface area contributed by atoms with Crippen LogP contribution in [-0.2, 0) is 9.47 Å². The molecule has 0 bridgehead atoms. The summed E-state index contributed by atoms with van der Waals surface area (Å²) >= 11 is 0. The highest BCUT2D eigenvalue weighted by atomic mass is 16.5. The highest BCUT2D eigenvalue weighted by Crippen LogP contribution is 2.47. The van der Waals surface area contributed by atoms with Crippen LogP contribution in [0.4, 0.5) is 0 Å². The monoisotopic (exact) mass is 299 g/mol. The molecular formula is C16H29NO4. The first kappa shape index (κ1) is 15.7. The highest BCUT2D eigenvalue weighted by molar-refractivity contribution is 5.04. The van der Waals surface area contributed by atoms with Crippen molar-refractivity contribution in [2.45, 2.75) is 75.7 Å². The van der Waals surface area contributed by atoms with Crippen LogP contribution in [0.1, 0.15) is 39.5 Å². The lowest BCUT2D eigenvalue weighted by Gasteiger charge is -2.52. The van der Waals surface area contributed by atoms with Gasteiger partial charge in [0.05, 0.1) is 23.9 Å². The Morgan fingerprint density at radius 2 is 1.90 bits per heavy atom. The molecule has 3 aliphatic rings. The molecule has 5 heteroatoms. The quantitative estimate of drug-likeness (QED) is 0.796. The summed E-state index contributed by atoms with van der Waals surface area (Å²) in [6, 6.07) is 0.403. The molecule has 0 amide bonds. The minimum atomic E-state index is -0.832. The Morgan fingerprint density at radius 3 is 2.52 bits per heavy atom. The van der Waals surface area contributed by atoms with Crippen molar-refractivity contribution in [1.29, 1.82) is 0 Å². The molecule has 0 aromatic carbocycles. The van der Waals surface area contributed by atoms with E-state index >= 15 is 0 Å². The van der Waals surface area contributed by atoms with E-state index in [4.69, 9.17) is 9.47 Å². The molecule has 0 spiro atoms. The second-order valence-corrected chi connectivity index (χ2v) is 7.63. The predicted octanol–water partition coefficient (Wildman–Crippen LogP) is 0.978. The van der Waals surface area contributed by atoms with E-state index in [2.05, 4.69) is 11.9 Å². The van der Waals surface area contributed by atoms with Gasteiger partial charge in [-0.05, 0) is 46.6 Å². The van der Waals surface area contributed by atoms with Crippen molar-refractivity contribution >= 4 is 0 Å². The molecule has 21 heavy (non-hydrogen) atoms. The number of piperidine rings is 1. The summed E-state index contributed by atoms with van der Waals surface area (Å²) in [5, 5.41) is 20.3. The zero-order valence-electron chi connectivity index (χ0n) is 13.5. The summed E-state index contributed by atoms with van der Waals surface area (Å²) in [7, 11) is 3.88. The summed E-state index contributed by atoms with van der Waals surface area (Å²) in [4.78, 5) is 2.32. The Balaban J connectivity index is 1.85. The van der Waals surface area contributed by atoms with Crippen LogP contribution in [0.25, 0.3) is 0 Å². The average molecular weight is 299 g/mol. The van der Waals surface area contributed by atoms with Crippen molar-refractivity contribution in [2.75, 3.05) is 14.2 Å². The van der Waals surface area contributed by atoms with Crippen LogP contribution >= 0.6 is 0 Å². The lowest BCUT2D eigenvalue weighted by molar-refractivity contribution is -0.189. The van der Waals surface area contributed by atoms with Gasteiger partial charge in [0.2, 0.25) is 0 Å². The smallest absolute Gasteiger partial charge is 0.116 e. The van der Waals surface area contributed by atoms with Crippen LogP contribution in [0.15, 0.2) is 0 Å². The topological polar surface area (TPSA) is 62.2 Å². The highest BCUT2D eigenvalue weighted by Gasteiger charge is 2.55. The Kier molecular flexibility index (Phi) is 4.08. The summed E-state index contributed by atoms with van der Waals surface area (Å²) in [5.74, 6) is 0.622. The summed E-state index contributed by atoms with van der Waals surface area (Å²) in [6.45, 7) is 3.63. The molecule has 2 aliphatic heterocycles. The van der Waals surface area contributed by atoms with Gasteiger partial charge in [-0.1, -0.05) is 0 Å². The number of nitrogens with zero attached hydrogens (tertiary/aromatic N) is 1. The summed E-state index contributed by atoms with van der Waals surface area (Å²) in [6.07, 6.45) is 3.23. The number of hydrogen-bond donors (Lipinski definition) is 2. The molecule has 3 fully saturated rings. The van der Waals surface area contributed by atoms with Crippen LogP contribution in [0.3, 0.4) is 0 Å². The van der Waals surface area contributed by atoms with E-state index < -0.39 is 5.60 Å². The fourth-order valence-electron chi connectivity index (χ4n) is 4.72. The molecule has 2 N–H and O–H groups in total. The van der Waals surface area contributed by atoms with E-state index in [1.54, 1.807) is 7.11 Å². The molecule has 0 aromatic heterocycles. The van der Waals surface area contributed by atoms with Crippen LogP contribution < -0.4 is 0 Å². The maximum Gasteiger partial charge on any atom is 0.116 e. The second kappa shape index (κ2) is 5.46. The van der Waals surface area contributed by atoms with Gasteiger partial charge in [-0.25, -0.2) is 0 Å². The first-order valence-electron chi connectivity index (χ1n) is 8.13. The van der Waals surface area contributed by atoms with Crippen molar-refractivity contribution < 1.29 is 19.7 Å². The molecule has 1 saturated carbocycles. The van der Waals surface area contributed by atoms with Gasteiger partial charge in [-0.15, -0.1) is 0 Å². The van der Waals surface area contributed by atoms with Crippen LogP contribution in [0, 0.1) is 11.8 Å². The van der Waals surface area contributed by atoms with E-state index in [0.29, 0.717) is 12.0 Å². The standard InChI is InChI=1S/C16H29NO4/c1-16(2,19)13-8-11-14(20-4)10-7-9(18)5-6-12(10)17(3)15(11)21-13/h9-15,18-19H,5-8H2,1-4H3/t9?,10?,11?,12?,13-,14?,15?/m0/s1. The second-order valence-electron chi connectivity index (χ2n) is 7.63. The number of fused-ring (bicyclic) bond motifs is 2. The van der Waals surface area contributed by atoms with Gasteiger partial charge < -0.3 is 19.7 Å². The van der Waals surface area contributed by atoms with Crippen molar-refractivity contribution in [3.8, 4) is 0 Å². The number of aliphatic hydroxyl groups is 2. The van der Waals surface area contributed by atoms with E-state index in [9.17, 15) is 10.2 Å². The number of rotatable bonds is 2. The number of ether oxygens (including phenoxy) is 2. The zero-order chi connectivity index (χ0) is 15.4. The van der Waals surface area contributed by atoms with Gasteiger partial charge in [-0.2, -0.15) is 0 Å². The van der Waals surface area contributed by atoms with Crippen LogP contribution in [0.5, 0.6) is 0 Å². The lowest BCUT2D eigenvalue weighted by Crippen LogP contribution is -2.61.